The van der Waals surface area contributed by atoms with Crippen LogP contribution in [-0.4, -0.2) is 48.3 Å². The molecule has 2 N–H and O–H groups in total. The van der Waals surface area contributed by atoms with Gasteiger partial charge < -0.3 is 20.1 Å². The van der Waals surface area contributed by atoms with E-state index in [4.69, 9.17) is 9.47 Å². The van der Waals surface area contributed by atoms with Crippen molar-refractivity contribution in [3.8, 4) is 0 Å². The summed E-state index contributed by atoms with van der Waals surface area (Å²) in [5.74, 6) is -1.18. The SMILES string of the molecule is CO[C@@H]([C@@H]1C[C@@H]2CC2(C)N1)[C@@H](C)C(=O)N[C@@H](Cc1ccccc1F)C(=O)OC(C)(C)C. The molecule has 1 aliphatic carbocycles. The Morgan fingerprint density at radius 1 is 1.32 bits per heavy atom. The second kappa shape index (κ2) is 8.87. The van der Waals surface area contributed by atoms with Crippen molar-refractivity contribution in [2.45, 2.75) is 83.2 Å². The Balaban J connectivity index is 1.71. The van der Waals surface area contributed by atoms with E-state index in [-0.39, 0.29) is 30.0 Å². The summed E-state index contributed by atoms with van der Waals surface area (Å²) in [6, 6.07) is 5.32. The van der Waals surface area contributed by atoms with Crippen LogP contribution >= 0.6 is 0 Å². The van der Waals surface area contributed by atoms with Crippen LogP contribution in [0.25, 0.3) is 0 Å². The Morgan fingerprint density at radius 3 is 2.55 bits per heavy atom. The van der Waals surface area contributed by atoms with Gasteiger partial charge in [0, 0.05) is 25.1 Å². The van der Waals surface area contributed by atoms with Crippen LogP contribution in [0.1, 0.15) is 53.0 Å². The highest BCUT2D eigenvalue weighted by atomic mass is 19.1. The van der Waals surface area contributed by atoms with Crippen molar-refractivity contribution in [1.82, 2.24) is 10.6 Å². The van der Waals surface area contributed by atoms with Gasteiger partial charge in [-0.15, -0.1) is 0 Å². The van der Waals surface area contributed by atoms with Crippen molar-refractivity contribution in [3.63, 3.8) is 0 Å². The number of amides is 1. The lowest BCUT2D eigenvalue weighted by molar-refractivity contribution is -0.159. The molecular weight excluding hydrogens is 399 g/mol. The first-order valence-corrected chi connectivity index (χ1v) is 11.0. The minimum Gasteiger partial charge on any atom is -0.458 e. The average molecular weight is 435 g/mol. The molecule has 6 atom stereocenters. The average Bonchev–Trinajstić information content (AvgIpc) is 3.18. The quantitative estimate of drug-likeness (QED) is 0.615. The zero-order valence-corrected chi connectivity index (χ0v) is 19.3. The first kappa shape index (κ1) is 23.7. The number of hydrogen-bond donors (Lipinski definition) is 2. The van der Waals surface area contributed by atoms with Gasteiger partial charge in [0.1, 0.15) is 17.5 Å². The van der Waals surface area contributed by atoms with Crippen LogP contribution < -0.4 is 10.6 Å². The van der Waals surface area contributed by atoms with Gasteiger partial charge in [0.2, 0.25) is 5.91 Å². The summed E-state index contributed by atoms with van der Waals surface area (Å²) >= 11 is 0. The van der Waals surface area contributed by atoms with Gasteiger partial charge in [0.15, 0.2) is 0 Å². The number of halogens is 1. The summed E-state index contributed by atoms with van der Waals surface area (Å²) < 4.78 is 25.4. The largest absolute Gasteiger partial charge is 0.458 e. The molecule has 0 bridgehead atoms. The van der Waals surface area contributed by atoms with Gasteiger partial charge in [0.25, 0.3) is 0 Å². The van der Waals surface area contributed by atoms with Crippen molar-refractivity contribution in [2.24, 2.45) is 11.8 Å². The lowest BCUT2D eigenvalue weighted by atomic mass is 9.94. The fraction of sp³-hybridized carbons (Fsp3) is 0.667. The van der Waals surface area contributed by atoms with E-state index in [1.807, 2.05) is 0 Å². The standard InChI is InChI=1S/C24H35FN2O4/c1-14(20(30-6)18-12-16-13-24(16,5)27-18)21(28)26-19(22(29)31-23(2,3)4)11-15-9-7-8-10-17(15)25/h7-10,14,16,18-20,27H,11-13H2,1-6H3,(H,26,28)/t14-,16-,18+,19+,20-,24?/m1/s1. The van der Waals surface area contributed by atoms with Gasteiger partial charge in [0.05, 0.1) is 12.0 Å². The molecule has 1 unspecified atom stereocenters. The Kier molecular flexibility index (Phi) is 6.77. The predicted molar refractivity (Wildman–Crippen MR) is 116 cm³/mol. The maximum absolute atomic E-state index is 14.2. The number of benzene rings is 1. The summed E-state index contributed by atoms with van der Waals surface area (Å²) in [5.41, 5.74) is -0.220. The number of ether oxygens (including phenoxy) is 2. The van der Waals surface area contributed by atoms with Gasteiger partial charge in [-0.1, -0.05) is 25.1 Å². The number of nitrogens with one attached hydrogen (secondary N) is 2. The molecule has 0 radical (unpaired) electrons. The van der Waals surface area contributed by atoms with E-state index < -0.39 is 29.3 Å². The molecule has 0 aromatic heterocycles. The Bertz CT molecular complexity index is 824. The predicted octanol–water partition coefficient (Wildman–Crippen LogP) is 2.99. The topological polar surface area (TPSA) is 76.7 Å². The zero-order chi connectivity index (χ0) is 23.0. The summed E-state index contributed by atoms with van der Waals surface area (Å²) in [7, 11) is 1.60. The lowest BCUT2D eigenvalue weighted by Crippen LogP contribution is -2.52. The molecule has 7 heteroatoms. The Morgan fingerprint density at radius 2 is 2.00 bits per heavy atom. The summed E-state index contributed by atoms with van der Waals surface area (Å²) in [6.07, 6.45) is 1.82. The summed E-state index contributed by atoms with van der Waals surface area (Å²) in [5, 5.41) is 6.40. The van der Waals surface area contributed by atoms with E-state index in [2.05, 4.69) is 17.6 Å². The van der Waals surface area contributed by atoms with Crippen molar-refractivity contribution >= 4 is 11.9 Å². The van der Waals surface area contributed by atoms with Crippen LogP contribution in [0.2, 0.25) is 0 Å². The van der Waals surface area contributed by atoms with E-state index in [9.17, 15) is 14.0 Å². The molecule has 2 fully saturated rings. The molecule has 1 aromatic carbocycles. The first-order chi connectivity index (χ1) is 14.4. The molecule has 1 saturated heterocycles. The van der Waals surface area contributed by atoms with Crippen LogP contribution in [0.3, 0.4) is 0 Å². The van der Waals surface area contributed by atoms with Gasteiger partial charge >= 0.3 is 5.97 Å². The molecule has 1 aliphatic heterocycles. The van der Waals surface area contributed by atoms with Crippen LogP contribution in [0.4, 0.5) is 4.39 Å². The van der Waals surface area contributed by atoms with E-state index in [0.717, 1.165) is 12.8 Å². The smallest absolute Gasteiger partial charge is 0.329 e. The van der Waals surface area contributed by atoms with Crippen molar-refractivity contribution in [1.29, 1.82) is 0 Å². The molecule has 6 nitrogen and oxygen atoms in total. The van der Waals surface area contributed by atoms with Crippen molar-refractivity contribution in [3.05, 3.63) is 35.6 Å². The van der Waals surface area contributed by atoms with Gasteiger partial charge in [-0.25, -0.2) is 9.18 Å². The summed E-state index contributed by atoms with van der Waals surface area (Å²) in [4.78, 5) is 25.9. The van der Waals surface area contributed by atoms with E-state index >= 15 is 0 Å². The number of esters is 1. The molecule has 3 rings (SSSR count). The van der Waals surface area contributed by atoms with Crippen molar-refractivity contribution < 1.29 is 23.5 Å². The van der Waals surface area contributed by atoms with Crippen molar-refractivity contribution in [2.75, 3.05) is 7.11 Å². The molecule has 1 amide bonds. The first-order valence-electron chi connectivity index (χ1n) is 11.0. The maximum Gasteiger partial charge on any atom is 0.329 e. The van der Waals surface area contributed by atoms with Crippen LogP contribution in [0.5, 0.6) is 0 Å². The van der Waals surface area contributed by atoms with E-state index in [1.165, 1.54) is 6.07 Å². The molecule has 1 aromatic rings. The highest BCUT2D eigenvalue weighted by Gasteiger charge is 2.58. The lowest BCUT2D eigenvalue weighted by Gasteiger charge is -2.31. The number of fused-ring (bicyclic) bond motifs is 1. The molecule has 1 saturated carbocycles. The van der Waals surface area contributed by atoms with Gasteiger partial charge in [-0.2, -0.15) is 0 Å². The fourth-order valence-electron chi connectivity index (χ4n) is 4.60. The second-order valence-electron chi connectivity index (χ2n) is 10.2. The number of methoxy groups -OCH3 is 1. The summed E-state index contributed by atoms with van der Waals surface area (Å²) in [6.45, 7) is 9.27. The Hall–Kier alpha value is -1.99. The highest BCUT2D eigenvalue weighted by molar-refractivity contribution is 5.86. The third kappa shape index (κ3) is 5.63. The number of rotatable bonds is 8. The number of hydrogen-bond acceptors (Lipinski definition) is 5. The van der Waals surface area contributed by atoms with Crippen LogP contribution in [-0.2, 0) is 25.5 Å². The van der Waals surface area contributed by atoms with Gasteiger partial charge in [-0.3, -0.25) is 4.79 Å². The second-order valence-corrected chi connectivity index (χ2v) is 10.2. The molecule has 2 aliphatic rings. The third-order valence-electron chi connectivity index (χ3n) is 6.43. The zero-order valence-electron chi connectivity index (χ0n) is 19.3. The number of carbonyl (C=O) groups excluding carboxylic acids is 2. The molecule has 172 valence electrons. The highest BCUT2D eigenvalue weighted by Crippen LogP contribution is 2.52. The molecule has 0 spiro atoms. The third-order valence-corrected chi connectivity index (χ3v) is 6.43. The van der Waals surface area contributed by atoms with E-state index in [1.54, 1.807) is 53.0 Å². The minimum absolute atomic E-state index is 0.0134. The number of piperidine rings is 1. The van der Waals surface area contributed by atoms with Crippen LogP contribution in [0, 0.1) is 17.7 Å². The maximum atomic E-state index is 14.2. The van der Waals surface area contributed by atoms with Crippen LogP contribution in [0.15, 0.2) is 24.3 Å². The molecule has 31 heavy (non-hydrogen) atoms. The number of carbonyl (C=O) groups is 2. The monoisotopic (exact) mass is 434 g/mol. The normalized spacial score (nSPS) is 27.7. The van der Waals surface area contributed by atoms with Gasteiger partial charge in [-0.05, 0) is 58.1 Å². The fourth-order valence-corrected chi connectivity index (χ4v) is 4.60. The molecule has 1 heterocycles. The van der Waals surface area contributed by atoms with E-state index in [0.29, 0.717) is 11.5 Å². The minimum atomic E-state index is -0.994. The molecular formula is C24H35FN2O4. The Labute approximate surface area is 184 Å².